The molecule has 37 heavy (non-hydrogen) atoms. The van der Waals surface area contributed by atoms with Crippen LogP contribution in [0.3, 0.4) is 0 Å². The molecule has 3 rings (SSSR count). The Morgan fingerprint density at radius 1 is 0.919 bits per heavy atom. The highest BCUT2D eigenvalue weighted by atomic mass is 16.5. The molecule has 0 aliphatic carbocycles. The van der Waals surface area contributed by atoms with E-state index in [4.69, 9.17) is 4.74 Å². The molecule has 0 saturated heterocycles. The summed E-state index contributed by atoms with van der Waals surface area (Å²) < 4.78 is 6.12. The van der Waals surface area contributed by atoms with E-state index in [9.17, 15) is 20.1 Å². The van der Waals surface area contributed by atoms with E-state index in [0.717, 1.165) is 74.7 Å². The zero-order valence-electron chi connectivity index (χ0n) is 23.0. The van der Waals surface area contributed by atoms with Crippen LogP contribution < -0.4 is 4.74 Å². The molecule has 0 saturated carbocycles. The number of benzene rings is 2. The van der Waals surface area contributed by atoms with Gasteiger partial charge in [-0.1, -0.05) is 89.8 Å². The number of fused-ring (bicyclic) bond motifs is 1. The zero-order valence-corrected chi connectivity index (χ0v) is 23.0. The Balaban J connectivity index is 1.49. The van der Waals surface area contributed by atoms with E-state index < -0.39 is 11.4 Å². The number of aliphatic carboxylic acids is 1. The smallest absolute Gasteiger partial charge is 0.309 e. The number of hydrogen-bond donors (Lipinski definition) is 3. The summed E-state index contributed by atoms with van der Waals surface area (Å²) in [7, 11) is 0. The Morgan fingerprint density at radius 2 is 1.51 bits per heavy atom. The largest absolute Gasteiger partial charge is 0.508 e. The predicted octanol–water partition coefficient (Wildman–Crippen LogP) is 8.32. The molecule has 2 aromatic carbocycles. The maximum absolute atomic E-state index is 11.7. The van der Waals surface area contributed by atoms with Gasteiger partial charge in [-0.05, 0) is 55.5 Å². The van der Waals surface area contributed by atoms with E-state index in [1.165, 1.54) is 19.3 Å². The van der Waals surface area contributed by atoms with Crippen molar-refractivity contribution < 1.29 is 24.9 Å². The summed E-state index contributed by atoms with van der Waals surface area (Å²) >= 11 is 0. The van der Waals surface area contributed by atoms with Gasteiger partial charge in [-0.2, -0.15) is 0 Å². The van der Waals surface area contributed by atoms with Crippen molar-refractivity contribution in [1.29, 1.82) is 0 Å². The lowest BCUT2D eigenvalue weighted by Gasteiger charge is -2.43. The maximum Gasteiger partial charge on any atom is 0.309 e. The minimum atomic E-state index is -0.648. The third kappa shape index (κ3) is 7.43. The van der Waals surface area contributed by atoms with Gasteiger partial charge in [0.05, 0.1) is 12.0 Å². The summed E-state index contributed by atoms with van der Waals surface area (Å²) in [4.78, 5) is 11.7. The van der Waals surface area contributed by atoms with Crippen molar-refractivity contribution in [3.63, 3.8) is 0 Å². The number of hydrogen-bond acceptors (Lipinski definition) is 4. The first-order valence-corrected chi connectivity index (χ1v) is 14.2. The van der Waals surface area contributed by atoms with E-state index in [2.05, 4.69) is 13.8 Å². The van der Waals surface area contributed by atoms with Crippen molar-refractivity contribution >= 4 is 5.97 Å². The Hall–Kier alpha value is -2.69. The quantitative estimate of drug-likeness (QED) is 0.210. The monoisotopic (exact) mass is 510 g/mol. The first-order valence-electron chi connectivity index (χ1n) is 14.2. The molecule has 1 aliphatic heterocycles. The molecule has 0 fully saturated rings. The first-order chi connectivity index (χ1) is 17.7. The van der Waals surface area contributed by atoms with Crippen LogP contribution in [0.15, 0.2) is 42.5 Å². The second-order valence-electron chi connectivity index (χ2n) is 11.5. The third-order valence-electron chi connectivity index (χ3n) is 8.52. The van der Waals surface area contributed by atoms with Gasteiger partial charge < -0.3 is 20.1 Å². The van der Waals surface area contributed by atoms with Crippen LogP contribution in [0.4, 0.5) is 0 Å². The van der Waals surface area contributed by atoms with E-state index in [1.807, 2.05) is 25.1 Å². The van der Waals surface area contributed by atoms with Gasteiger partial charge in [0.15, 0.2) is 0 Å². The SMILES string of the molecule is CCCCC(C)(CCCCCCCCC[C@@H]1c2ccc(O)cc2OC[C@]1(C)c1ccc(O)cc1)C(=O)O. The number of carbonyl (C=O) groups is 1. The fourth-order valence-electron chi connectivity index (χ4n) is 5.86. The van der Waals surface area contributed by atoms with Crippen LogP contribution in [0.1, 0.15) is 115 Å². The standard InChI is InChI=1S/C32H46O5/c1-4-5-20-31(2,30(35)36)21-12-10-8-6-7-9-11-13-28-27-19-18-26(34)22-29(27)37-23-32(28,3)24-14-16-25(33)17-15-24/h14-19,22,28,33-34H,4-13,20-21,23H2,1-3H3,(H,35,36)/t28-,31?,32-/m1/s1. The molecule has 0 aromatic heterocycles. The van der Waals surface area contributed by atoms with Crippen LogP contribution in [0, 0.1) is 5.41 Å². The van der Waals surface area contributed by atoms with Crippen molar-refractivity contribution in [1.82, 2.24) is 0 Å². The van der Waals surface area contributed by atoms with Crippen molar-refractivity contribution in [3.8, 4) is 17.2 Å². The van der Waals surface area contributed by atoms with Crippen molar-refractivity contribution in [2.75, 3.05) is 6.61 Å². The highest BCUT2D eigenvalue weighted by molar-refractivity contribution is 5.74. The highest BCUT2D eigenvalue weighted by Crippen LogP contribution is 2.49. The molecule has 0 spiro atoms. The lowest BCUT2D eigenvalue weighted by Crippen LogP contribution is -2.40. The topological polar surface area (TPSA) is 87.0 Å². The van der Waals surface area contributed by atoms with Crippen LogP contribution >= 0.6 is 0 Å². The number of unbranched alkanes of at least 4 members (excludes halogenated alkanes) is 7. The lowest BCUT2D eigenvalue weighted by atomic mass is 9.66. The highest BCUT2D eigenvalue weighted by Gasteiger charge is 2.42. The number of aromatic hydroxyl groups is 2. The van der Waals surface area contributed by atoms with Crippen LogP contribution in [0.2, 0.25) is 0 Å². The molecular weight excluding hydrogens is 464 g/mol. The maximum atomic E-state index is 11.7. The van der Waals surface area contributed by atoms with Crippen molar-refractivity contribution in [2.24, 2.45) is 5.41 Å². The molecule has 5 nitrogen and oxygen atoms in total. The molecule has 0 radical (unpaired) electrons. The number of rotatable bonds is 15. The van der Waals surface area contributed by atoms with Gasteiger partial charge in [0.1, 0.15) is 17.2 Å². The van der Waals surface area contributed by atoms with E-state index in [1.54, 1.807) is 24.3 Å². The summed E-state index contributed by atoms with van der Waals surface area (Å²) in [5.41, 5.74) is 1.51. The summed E-state index contributed by atoms with van der Waals surface area (Å²) in [6.45, 7) is 6.80. The van der Waals surface area contributed by atoms with Gasteiger partial charge in [0, 0.05) is 17.4 Å². The molecule has 1 aliphatic rings. The van der Waals surface area contributed by atoms with Crippen molar-refractivity contribution in [2.45, 2.75) is 109 Å². The fourth-order valence-corrected chi connectivity index (χ4v) is 5.86. The van der Waals surface area contributed by atoms with Gasteiger partial charge in [0.25, 0.3) is 0 Å². The number of phenols is 2. The lowest BCUT2D eigenvalue weighted by molar-refractivity contribution is -0.149. The Labute approximate surface area is 222 Å². The van der Waals surface area contributed by atoms with Crippen LogP contribution in [-0.2, 0) is 10.2 Å². The number of carboxylic acids is 1. The predicted molar refractivity (Wildman–Crippen MR) is 149 cm³/mol. The Bertz CT molecular complexity index is 1000. The molecule has 1 heterocycles. The van der Waals surface area contributed by atoms with Crippen LogP contribution in [-0.4, -0.2) is 27.9 Å². The number of phenolic OH excluding ortho intramolecular Hbond substituents is 2. The average molecular weight is 511 g/mol. The summed E-state index contributed by atoms with van der Waals surface area (Å²) in [6, 6.07) is 12.9. The summed E-state index contributed by atoms with van der Waals surface area (Å²) in [5.74, 6) is 0.871. The Kier molecular flexibility index (Phi) is 10.3. The Morgan fingerprint density at radius 3 is 2.16 bits per heavy atom. The first kappa shape index (κ1) is 28.9. The normalized spacial score (nSPS) is 20.6. The van der Waals surface area contributed by atoms with Crippen LogP contribution in [0.25, 0.3) is 0 Å². The minimum Gasteiger partial charge on any atom is -0.508 e. The average Bonchev–Trinajstić information content (AvgIpc) is 2.87. The van der Waals surface area contributed by atoms with Gasteiger partial charge in [-0.25, -0.2) is 0 Å². The number of ether oxygens (including phenoxy) is 1. The molecule has 3 atom stereocenters. The van der Waals surface area contributed by atoms with E-state index >= 15 is 0 Å². The number of carboxylic acid groups (broad SMARTS) is 1. The van der Waals surface area contributed by atoms with Crippen molar-refractivity contribution in [3.05, 3.63) is 53.6 Å². The molecular formula is C32H46O5. The summed E-state index contributed by atoms with van der Waals surface area (Å²) in [6.07, 6.45) is 12.5. The molecule has 0 amide bonds. The molecule has 204 valence electrons. The molecule has 3 N–H and O–H groups in total. The molecule has 5 heteroatoms. The van der Waals surface area contributed by atoms with Gasteiger partial charge in [-0.3, -0.25) is 4.79 Å². The second-order valence-corrected chi connectivity index (χ2v) is 11.5. The fraction of sp³-hybridized carbons (Fsp3) is 0.594. The molecule has 2 aromatic rings. The molecule has 0 bridgehead atoms. The van der Waals surface area contributed by atoms with E-state index in [-0.39, 0.29) is 22.8 Å². The van der Waals surface area contributed by atoms with Gasteiger partial charge >= 0.3 is 5.97 Å². The zero-order chi connectivity index (χ0) is 26.9. The second kappa shape index (κ2) is 13.2. The van der Waals surface area contributed by atoms with Crippen LogP contribution in [0.5, 0.6) is 17.2 Å². The van der Waals surface area contributed by atoms with Gasteiger partial charge in [0.2, 0.25) is 0 Å². The van der Waals surface area contributed by atoms with E-state index in [0.29, 0.717) is 6.61 Å². The summed E-state index contributed by atoms with van der Waals surface area (Å²) in [5, 5.41) is 29.4. The molecule has 1 unspecified atom stereocenters. The minimum absolute atomic E-state index is 0.216. The third-order valence-corrected chi connectivity index (χ3v) is 8.52. The van der Waals surface area contributed by atoms with Gasteiger partial charge in [-0.15, -0.1) is 0 Å².